The van der Waals surface area contributed by atoms with Gasteiger partial charge in [0.1, 0.15) is 0 Å². The van der Waals surface area contributed by atoms with Crippen molar-refractivity contribution < 1.29 is 0 Å². The molecule has 5 atom stereocenters. The molecule has 6 rings (SSSR count). The van der Waals surface area contributed by atoms with Crippen LogP contribution in [0.4, 0.5) is 0 Å². The topological polar surface area (TPSA) is 0 Å². The Morgan fingerprint density at radius 2 is 1.47 bits per heavy atom. The third kappa shape index (κ3) is 4.28. The quantitative estimate of drug-likeness (QED) is 0.300. The molecule has 0 fully saturated rings. The van der Waals surface area contributed by atoms with Crippen molar-refractivity contribution >= 4 is 13.3 Å². The summed E-state index contributed by atoms with van der Waals surface area (Å²) in [6, 6.07) is 20.8. The molecule has 0 N–H and O–H groups in total. The lowest BCUT2D eigenvalue weighted by atomic mass is 9.59. The molecule has 2 aromatic rings. The van der Waals surface area contributed by atoms with Crippen LogP contribution in [-0.4, -0.2) is 8.07 Å². The smallest absolute Gasteiger partial charge is 0.0775 e. The van der Waals surface area contributed by atoms with E-state index in [4.69, 9.17) is 0 Å². The zero-order valence-electron chi connectivity index (χ0n) is 21.9. The second kappa shape index (κ2) is 9.52. The number of fused-ring (bicyclic) bond motifs is 2. The van der Waals surface area contributed by atoms with Gasteiger partial charge >= 0.3 is 0 Å². The van der Waals surface area contributed by atoms with Crippen molar-refractivity contribution in [3.8, 4) is 0 Å². The predicted octanol–water partition coefficient (Wildman–Crippen LogP) is 8.62. The van der Waals surface area contributed by atoms with Crippen molar-refractivity contribution in [2.24, 2.45) is 17.8 Å². The van der Waals surface area contributed by atoms with Crippen molar-refractivity contribution in [2.75, 3.05) is 0 Å². The summed E-state index contributed by atoms with van der Waals surface area (Å²) in [5, 5.41) is 1.55. The van der Waals surface area contributed by atoms with Gasteiger partial charge in [-0.1, -0.05) is 134 Å². The summed E-state index contributed by atoms with van der Waals surface area (Å²) in [5.74, 6) is 2.57. The number of benzene rings is 2. The highest BCUT2D eigenvalue weighted by Gasteiger charge is 2.42. The van der Waals surface area contributed by atoms with Crippen LogP contribution in [0.3, 0.4) is 0 Å². The summed E-state index contributed by atoms with van der Waals surface area (Å²) in [7, 11) is -1.25. The molecule has 0 nitrogen and oxygen atoms in total. The van der Waals surface area contributed by atoms with Crippen LogP contribution in [0.15, 0.2) is 126 Å². The maximum atomic E-state index is 2.55. The fourth-order valence-electron chi connectivity index (χ4n) is 6.95. The Morgan fingerprint density at radius 1 is 0.722 bits per heavy atom. The van der Waals surface area contributed by atoms with Crippen molar-refractivity contribution in [2.45, 2.75) is 50.7 Å². The van der Waals surface area contributed by atoms with E-state index in [0.717, 1.165) is 6.42 Å². The molecule has 4 aliphatic carbocycles. The molecule has 0 aliphatic heterocycles. The van der Waals surface area contributed by atoms with Crippen LogP contribution >= 0.6 is 0 Å². The average molecular weight is 487 g/mol. The Morgan fingerprint density at radius 3 is 2.19 bits per heavy atom. The van der Waals surface area contributed by atoms with Gasteiger partial charge in [0.25, 0.3) is 0 Å². The van der Waals surface area contributed by atoms with Crippen LogP contribution in [0.1, 0.15) is 42.2 Å². The van der Waals surface area contributed by atoms with Gasteiger partial charge in [-0.3, -0.25) is 0 Å². The second-order valence-electron chi connectivity index (χ2n) is 12.0. The summed E-state index contributed by atoms with van der Waals surface area (Å²) in [5.41, 5.74) is 7.72. The molecule has 0 spiro atoms. The molecule has 0 amide bonds. The first-order valence-corrected chi connectivity index (χ1v) is 17.3. The minimum absolute atomic E-state index is 0.460. The van der Waals surface area contributed by atoms with E-state index in [9.17, 15) is 0 Å². The van der Waals surface area contributed by atoms with Gasteiger partial charge < -0.3 is 0 Å². The van der Waals surface area contributed by atoms with Gasteiger partial charge in [0.2, 0.25) is 0 Å². The van der Waals surface area contributed by atoms with E-state index < -0.39 is 8.07 Å². The molecule has 2 aromatic carbocycles. The SMILES string of the molecule is C[Si](C)(C)c1ccc(C2C=CC(C3=C4C=CC=CC4C(c4ccccc4)C4CC=CC=C34)CC2)cc1. The fourth-order valence-corrected chi connectivity index (χ4v) is 8.11. The van der Waals surface area contributed by atoms with Gasteiger partial charge in [0.15, 0.2) is 0 Å². The monoisotopic (exact) mass is 486 g/mol. The first-order chi connectivity index (χ1) is 17.5. The molecule has 5 unspecified atom stereocenters. The second-order valence-corrected chi connectivity index (χ2v) is 17.1. The molecule has 0 bridgehead atoms. The van der Waals surface area contributed by atoms with E-state index in [0.29, 0.717) is 29.6 Å². The molecule has 0 saturated carbocycles. The molecule has 0 heterocycles. The standard InChI is InChI=1S/C35H38Si/c1-36(2,3)29-23-21-26(22-24-29)25-17-19-28(20-18-25)35-32-15-9-7-13-30(32)34(27-11-5-4-6-12-27)31-14-8-10-16-33(31)35/h4-13,15-17,19,21-25,28,30-31,34H,14,18,20H2,1-3H3. The average Bonchev–Trinajstić information content (AvgIpc) is 2.92. The van der Waals surface area contributed by atoms with Crippen LogP contribution in [0.5, 0.6) is 0 Å². The van der Waals surface area contributed by atoms with E-state index in [-0.39, 0.29) is 0 Å². The Kier molecular flexibility index (Phi) is 6.21. The lowest BCUT2D eigenvalue weighted by molar-refractivity contribution is 0.392. The van der Waals surface area contributed by atoms with Crippen LogP contribution in [-0.2, 0) is 0 Å². The molecule has 4 aliphatic rings. The Bertz CT molecular complexity index is 1290. The fraction of sp³-hybridized carbons (Fsp3) is 0.314. The van der Waals surface area contributed by atoms with Crippen LogP contribution < -0.4 is 5.19 Å². The molecule has 0 saturated heterocycles. The van der Waals surface area contributed by atoms with Gasteiger partial charge in [-0.2, -0.15) is 0 Å². The summed E-state index contributed by atoms with van der Waals surface area (Å²) < 4.78 is 0. The summed E-state index contributed by atoms with van der Waals surface area (Å²) in [4.78, 5) is 0. The number of rotatable bonds is 4. The summed E-state index contributed by atoms with van der Waals surface area (Å²) in [6.45, 7) is 7.29. The molecule has 1 heteroatoms. The van der Waals surface area contributed by atoms with Crippen molar-refractivity contribution in [3.63, 3.8) is 0 Å². The van der Waals surface area contributed by atoms with Gasteiger partial charge in [0.05, 0.1) is 8.07 Å². The van der Waals surface area contributed by atoms with Gasteiger partial charge in [-0.15, -0.1) is 0 Å². The normalized spacial score (nSPS) is 29.1. The van der Waals surface area contributed by atoms with E-state index in [1.165, 1.54) is 24.0 Å². The number of allylic oxidation sites excluding steroid dienone is 12. The van der Waals surface area contributed by atoms with Crippen LogP contribution in [0, 0.1) is 17.8 Å². The van der Waals surface area contributed by atoms with E-state index in [1.54, 1.807) is 21.9 Å². The van der Waals surface area contributed by atoms with Crippen LogP contribution in [0.25, 0.3) is 0 Å². The Labute approximate surface area is 218 Å². The van der Waals surface area contributed by atoms with Crippen LogP contribution in [0.2, 0.25) is 19.6 Å². The molecule has 36 heavy (non-hydrogen) atoms. The minimum Gasteiger partial charge on any atom is -0.0839 e. The van der Waals surface area contributed by atoms with Crippen molar-refractivity contribution in [1.82, 2.24) is 0 Å². The van der Waals surface area contributed by atoms with Gasteiger partial charge in [-0.25, -0.2) is 0 Å². The van der Waals surface area contributed by atoms with Crippen molar-refractivity contribution in [1.29, 1.82) is 0 Å². The molecular weight excluding hydrogens is 448 g/mol. The first-order valence-electron chi connectivity index (χ1n) is 13.8. The Balaban J connectivity index is 1.34. The minimum atomic E-state index is -1.25. The Hall–Kier alpha value is -2.90. The zero-order chi connectivity index (χ0) is 24.7. The number of hydrogen-bond donors (Lipinski definition) is 0. The molecular formula is C35H38Si. The highest BCUT2D eigenvalue weighted by atomic mass is 28.3. The summed E-state index contributed by atoms with van der Waals surface area (Å²) in [6.07, 6.45) is 25.2. The van der Waals surface area contributed by atoms with E-state index in [2.05, 4.69) is 129 Å². The third-order valence-corrected chi connectivity index (χ3v) is 10.9. The highest BCUT2D eigenvalue weighted by Crippen LogP contribution is 2.54. The predicted molar refractivity (Wildman–Crippen MR) is 157 cm³/mol. The zero-order valence-corrected chi connectivity index (χ0v) is 22.9. The molecule has 0 aromatic heterocycles. The van der Waals surface area contributed by atoms with Gasteiger partial charge in [-0.05, 0) is 53.0 Å². The van der Waals surface area contributed by atoms with E-state index >= 15 is 0 Å². The van der Waals surface area contributed by atoms with Gasteiger partial charge in [0, 0.05) is 23.7 Å². The lowest BCUT2D eigenvalue weighted by Gasteiger charge is -2.45. The molecule has 0 radical (unpaired) electrons. The van der Waals surface area contributed by atoms with Crippen molar-refractivity contribution in [3.05, 3.63) is 137 Å². The lowest BCUT2D eigenvalue weighted by Crippen LogP contribution is -2.37. The van der Waals surface area contributed by atoms with E-state index in [1.807, 2.05) is 0 Å². The maximum Gasteiger partial charge on any atom is 0.0775 e. The first kappa shape index (κ1) is 23.5. The molecule has 182 valence electrons. The largest absolute Gasteiger partial charge is 0.0839 e. The summed E-state index contributed by atoms with van der Waals surface area (Å²) >= 11 is 0. The third-order valence-electron chi connectivity index (χ3n) is 8.83. The number of hydrogen-bond acceptors (Lipinski definition) is 0. The maximum absolute atomic E-state index is 2.55. The highest BCUT2D eigenvalue weighted by molar-refractivity contribution is 6.88.